The van der Waals surface area contributed by atoms with Gasteiger partial charge in [-0.15, -0.1) is 0 Å². The maximum atomic E-state index is 6.13. The third-order valence-electron chi connectivity index (χ3n) is 6.39. The van der Waals surface area contributed by atoms with Crippen LogP contribution in [0, 0.1) is 5.92 Å². The first kappa shape index (κ1) is 15.8. The Morgan fingerprint density at radius 3 is 2.67 bits per heavy atom. The Bertz CT molecular complexity index is 338. The largest absolute Gasteiger partial charge is 0.374 e. The predicted octanol–water partition coefficient (Wildman–Crippen LogP) is 3.19. The van der Waals surface area contributed by atoms with Gasteiger partial charge >= 0.3 is 0 Å². The molecule has 0 aromatic carbocycles. The summed E-state index contributed by atoms with van der Waals surface area (Å²) >= 11 is 0. The van der Waals surface area contributed by atoms with Gasteiger partial charge in [-0.2, -0.15) is 0 Å². The van der Waals surface area contributed by atoms with E-state index in [1.165, 1.54) is 64.6 Å². The van der Waals surface area contributed by atoms with Crippen molar-refractivity contribution < 1.29 is 4.74 Å². The molecule has 0 aromatic rings. The third-order valence-corrected chi connectivity index (χ3v) is 6.39. The topological polar surface area (TPSA) is 24.5 Å². The van der Waals surface area contributed by atoms with Gasteiger partial charge in [-0.05, 0) is 38.5 Å². The van der Waals surface area contributed by atoms with Crippen LogP contribution in [0.1, 0.15) is 65.7 Å². The lowest BCUT2D eigenvalue weighted by molar-refractivity contribution is -0.0264. The van der Waals surface area contributed by atoms with Crippen LogP contribution in [0.2, 0.25) is 0 Å². The van der Waals surface area contributed by atoms with Crippen LogP contribution < -0.4 is 5.32 Å². The summed E-state index contributed by atoms with van der Waals surface area (Å²) in [6.07, 6.45) is 10.3. The number of hydrogen-bond donors (Lipinski definition) is 1. The summed E-state index contributed by atoms with van der Waals surface area (Å²) in [7, 11) is 0. The minimum absolute atomic E-state index is 0.444. The van der Waals surface area contributed by atoms with Crippen LogP contribution >= 0.6 is 0 Å². The van der Waals surface area contributed by atoms with Gasteiger partial charge in [0.25, 0.3) is 0 Å². The van der Waals surface area contributed by atoms with E-state index in [0.717, 1.165) is 5.92 Å². The molecule has 2 heterocycles. The molecular formula is C18H34N2O. The van der Waals surface area contributed by atoms with Crippen molar-refractivity contribution in [1.29, 1.82) is 0 Å². The molecule has 21 heavy (non-hydrogen) atoms. The zero-order chi connectivity index (χ0) is 14.9. The van der Waals surface area contributed by atoms with Crippen molar-refractivity contribution in [2.75, 3.05) is 19.6 Å². The minimum Gasteiger partial charge on any atom is -0.374 e. The summed E-state index contributed by atoms with van der Waals surface area (Å²) in [5.74, 6) is 0.773. The van der Waals surface area contributed by atoms with Crippen molar-refractivity contribution >= 4 is 0 Å². The first-order chi connectivity index (χ1) is 10.1. The van der Waals surface area contributed by atoms with Gasteiger partial charge in [0.1, 0.15) is 0 Å². The van der Waals surface area contributed by atoms with Crippen molar-refractivity contribution in [2.24, 2.45) is 5.92 Å². The van der Waals surface area contributed by atoms with E-state index in [-0.39, 0.29) is 0 Å². The van der Waals surface area contributed by atoms with Crippen LogP contribution in [-0.4, -0.2) is 48.3 Å². The second kappa shape index (κ2) is 6.55. The fourth-order valence-corrected chi connectivity index (χ4v) is 4.65. The molecule has 0 bridgehead atoms. The average molecular weight is 294 g/mol. The molecular weight excluding hydrogens is 260 g/mol. The fourth-order valence-electron chi connectivity index (χ4n) is 4.65. The van der Waals surface area contributed by atoms with Crippen LogP contribution in [0.15, 0.2) is 0 Å². The molecule has 1 spiro atoms. The van der Waals surface area contributed by atoms with Crippen molar-refractivity contribution in [3.8, 4) is 0 Å². The van der Waals surface area contributed by atoms with E-state index in [2.05, 4.69) is 31.0 Å². The van der Waals surface area contributed by atoms with Crippen LogP contribution in [0.25, 0.3) is 0 Å². The van der Waals surface area contributed by atoms with Gasteiger partial charge in [0.15, 0.2) is 0 Å². The first-order valence-electron chi connectivity index (χ1n) is 9.27. The van der Waals surface area contributed by atoms with Crippen LogP contribution in [0.5, 0.6) is 0 Å². The first-order valence-corrected chi connectivity index (χ1v) is 9.27. The highest BCUT2D eigenvalue weighted by atomic mass is 16.5. The average Bonchev–Trinajstić information content (AvgIpc) is 3.11. The summed E-state index contributed by atoms with van der Waals surface area (Å²) in [4.78, 5) is 2.83. The molecule has 3 rings (SSSR count). The number of rotatable bonds is 4. The summed E-state index contributed by atoms with van der Waals surface area (Å²) in [6.45, 7) is 10.5. The Morgan fingerprint density at radius 1 is 1.29 bits per heavy atom. The zero-order valence-corrected chi connectivity index (χ0v) is 14.2. The molecule has 4 unspecified atom stereocenters. The Labute approximate surface area is 130 Å². The predicted molar refractivity (Wildman–Crippen MR) is 87.6 cm³/mol. The second-order valence-electron chi connectivity index (χ2n) is 7.86. The highest BCUT2D eigenvalue weighted by molar-refractivity contribution is 5.03. The SMILES string of the molecule is CCC(C)C1CN(CC2CCC(C)O2)C2(CCCC2)CN1. The minimum atomic E-state index is 0.444. The fraction of sp³-hybridized carbons (Fsp3) is 1.00. The molecule has 2 saturated heterocycles. The van der Waals surface area contributed by atoms with Gasteiger partial charge in [-0.25, -0.2) is 0 Å². The Morgan fingerprint density at radius 2 is 2.05 bits per heavy atom. The molecule has 4 atom stereocenters. The number of nitrogens with zero attached hydrogens (tertiary/aromatic N) is 1. The second-order valence-corrected chi connectivity index (χ2v) is 7.86. The summed E-state index contributed by atoms with van der Waals surface area (Å²) in [6, 6.07) is 0.667. The van der Waals surface area contributed by atoms with Crippen molar-refractivity contribution in [1.82, 2.24) is 10.2 Å². The lowest BCUT2D eigenvalue weighted by Crippen LogP contribution is -2.65. The van der Waals surface area contributed by atoms with Crippen LogP contribution in [0.4, 0.5) is 0 Å². The molecule has 0 radical (unpaired) electrons. The standard InChI is InChI=1S/C18H34N2O/c1-4-14(2)17-12-20(11-16-8-7-15(3)21-16)18(13-19-17)9-5-6-10-18/h14-17,19H,4-13H2,1-3H3. The molecule has 1 N–H and O–H groups in total. The maximum Gasteiger partial charge on any atom is 0.0706 e. The monoisotopic (exact) mass is 294 g/mol. The van der Waals surface area contributed by atoms with Crippen molar-refractivity contribution in [3.63, 3.8) is 0 Å². The normalized spacial score (nSPS) is 38.1. The zero-order valence-electron chi connectivity index (χ0n) is 14.2. The van der Waals surface area contributed by atoms with Gasteiger partial charge in [0.2, 0.25) is 0 Å². The van der Waals surface area contributed by atoms with Crippen molar-refractivity contribution in [2.45, 2.75) is 89.5 Å². The molecule has 2 aliphatic heterocycles. The van der Waals surface area contributed by atoms with E-state index in [1.807, 2.05) is 0 Å². The van der Waals surface area contributed by atoms with E-state index >= 15 is 0 Å². The van der Waals surface area contributed by atoms with E-state index in [0.29, 0.717) is 23.8 Å². The highest BCUT2D eigenvalue weighted by Crippen LogP contribution is 2.38. The van der Waals surface area contributed by atoms with Gasteiger partial charge < -0.3 is 10.1 Å². The number of nitrogens with one attached hydrogen (secondary N) is 1. The van der Waals surface area contributed by atoms with E-state index < -0.39 is 0 Å². The molecule has 3 aliphatic rings. The molecule has 3 fully saturated rings. The number of piperazine rings is 1. The van der Waals surface area contributed by atoms with Gasteiger partial charge in [0, 0.05) is 31.2 Å². The van der Waals surface area contributed by atoms with Gasteiger partial charge in [-0.1, -0.05) is 33.1 Å². The number of ether oxygens (including phenoxy) is 1. The molecule has 122 valence electrons. The molecule has 1 saturated carbocycles. The Balaban J connectivity index is 1.67. The lowest BCUT2D eigenvalue weighted by Gasteiger charge is -2.50. The van der Waals surface area contributed by atoms with Gasteiger partial charge in [-0.3, -0.25) is 4.90 Å². The summed E-state index contributed by atoms with van der Waals surface area (Å²) < 4.78 is 6.13. The summed E-state index contributed by atoms with van der Waals surface area (Å²) in [5.41, 5.74) is 0.444. The molecule has 3 heteroatoms. The maximum absolute atomic E-state index is 6.13. The van der Waals surface area contributed by atoms with E-state index in [9.17, 15) is 0 Å². The van der Waals surface area contributed by atoms with Crippen molar-refractivity contribution in [3.05, 3.63) is 0 Å². The third kappa shape index (κ3) is 3.30. The smallest absolute Gasteiger partial charge is 0.0706 e. The quantitative estimate of drug-likeness (QED) is 0.862. The Hall–Kier alpha value is -0.120. The number of hydrogen-bond acceptors (Lipinski definition) is 3. The molecule has 1 aliphatic carbocycles. The molecule has 0 aromatic heterocycles. The van der Waals surface area contributed by atoms with E-state index in [1.54, 1.807) is 0 Å². The Kier molecular flexibility index (Phi) is 4.92. The van der Waals surface area contributed by atoms with Crippen LogP contribution in [-0.2, 0) is 4.74 Å². The highest BCUT2D eigenvalue weighted by Gasteiger charge is 2.45. The van der Waals surface area contributed by atoms with Crippen LogP contribution in [0.3, 0.4) is 0 Å². The van der Waals surface area contributed by atoms with Gasteiger partial charge in [0.05, 0.1) is 12.2 Å². The lowest BCUT2D eigenvalue weighted by atomic mass is 9.87. The molecule has 3 nitrogen and oxygen atoms in total. The van der Waals surface area contributed by atoms with E-state index in [4.69, 9.17) is 4.74 Å². The summed E-state index contributed by atoms with van der Waals surface area (Å²) in [5, 5.41) is 3.88. The molecule has 0 amide bonds.